The van der Waals surface area contributed by atoms with Gasteiger partial charge in [0.15, 0.2) is 0 Å². The van der Waals surface area contributed by atoms with E-state index < -0.39 is 0 Å². The zero-order valence-electron chi connectivity index (χ0n) is 10.6. The van der Waals surface area contributed by atoms with Crippen LogP contribution in [0.2, 0.25) is 0 Å². The number of likely N-dealkylation sites (tertiary alicyclic amines) is 1. The van der Waals surface area contributed by atoms with Gasteiger partial charge in [0.2, 0.25) is 0 Å². The molecule has 1 fully saturated rings. The zero-order valence-corrected chi connectivity index (χ0v) is 11.5. The molecule has 0 amide bonds. The third kappa shape index (κ3) is 3.18. The van der Waals surface area contributed by atoms with Crippen LogP contribution in [0.1, 0.15) is 11.3 Å². The Balaban J connectivity index is 1.59. The molecule has 1 N–H and O–H groups in total. The second kappa shape index (κ2) is 5.77. The molecule has 100 valence electrons. The average Bonchev–Trinajstić information content (AvgIpc) is 3.02. The minimum Gasteiger partial charge on any atom is -0.391 e. The molecule has 5 heteroatoms. The summed E-state index contributed by atoms with van der Waals surface area (Å²) in [5, 5.41) is 14.4. The molecule has 0 saturated carbocycles. The Morgan fingerprint density at radius 3 is 3.05 bits per heavy atom. The van der Waals surface area contributed by atoms with Gasteiger partial charge in [0.05, 0.1) is 11.8 Å². The Kier molecular flexibility index (Phi) is 3.87. The molecule has 1 aliphatic heterocycles. The van der Waals surface area contributed by atoms with Gasteiger partial charge < -0.3 is 5.11 Å². The van der Waals surface area contributed by atoms with Gasteiger partial charge in [-0.2, -0.15) is 11.3 Å². The highest BCUT2D eigenvalue weighted by atomic mass is 32.1. The first kappa shape index (κ1) is 12.7. The molecule has 3 rings (SSSR count). The number of aliphatic hydroxyl groups excluding tert-OH is 1. The SMILES string of the molecule is O[C@@H]1CN(Cc2ccsc2)C[C@H]1Cc1cnccn1. The molecule has 0 aliphatic carbocycles. The molecule has 2 atom stereocenters. The predicted octanol–water partition coefficient (Wildman–Crippen LogP) is 1.57. The molecule has 2 aromatic rings. The first-order valence-corrected chi connectivity index (χ1v) is 7.42. The zero-order chi connectivity index (χ0) is 13.1. The van der Waals surface area contributed by atoms with Gasteiger partial charge in [0.25, 0.3) is 0 Å². The van der Waals surface area contributed by atoms with E-state index in [-0.39, 0.29) is 12.0 Å². The fourth-order valence-corrected chi connectivity index (χ4v) is 3.28. The standard InChI is InChI=1S/C14H17N3OS/c18-14-9-17(7-11-1-4-19-10-11)8-12(14)5-13-6-15-2-3-16-13/h1-4,6,10,12,14,18H,5,7-9H2/t12-,14-/m1/s1. The lowest BCUT2D eigenvalue weighted by molar-refractivity contribution is 0.140. The number of aliphatic hydroxyl groups is 1. The molecule has 0 aromatic carbocycles. The van der Waals surface area contributed by atoms with E-state index in [4.69, 9.17) is 0 Å². The Labute approximate surface area is 116 Å². The normalized spacial score (nSPS) is 23.8. The lowest BCUT2D eigenvalue weighted by atomic mass is 10.0. The number of rotatable bonds is 4. The smallest absolute Gasteiger partial charge is 0.0711 e. The summed E-state index contributed by atoms with van der Waals surface area (Å²) in [7, 11) is 0. The van der Waals surface area contributed by atoms with Crippen molar-refractivity contribution in [2.24, 2.45) is 5.92 Å². The summed E-state index contributed by atoms with van der Waals surface area (Å²) in [6.07, 6.45) is 5.71. The third-order valence-electron chi connectivity index (χ3n) is 3.56. The minimum atomic E-state index is -0.263. The first-order valence-electron chi connectivity index (χ1n) is 6.47. The maximum absolute atomic E-state index is 10.2. The Bertz CT molecular complexity index is 503. The van der Waals surface area contributed by atoms with Crippen molar-refractivity contribution in [1.29, 1.82) is 0 Å². The Hall–Kier alpha value is -1.30. The fraction of sp³-hybridized carbons (Fsp3) is 0.429. The number of nitrogens with zero attached hydrogens (tertiary/aromatic N) is 3. The Morgan fingerprint density at radius 1 is 1.37 bits per heavy atom. The van der Waals surface area contributed by atoms with E-state index in [9.17, 15) is 5.11 Å². The number of hydrogen-bond donors (Lipinski definition) is 1. The van der Waals surface area contributed by atoms with Crippen molar-refractivity contribution in [3.8, 4) is 0 Å². The van der Waals surface area contributed by atoms with E-state index in [2.05, 4.69) is 31.7 Å². The highest BCUT2D eigenvalue weighted by Crippen LogP contribution is 2.22. The van der Waals surface area contributed by atoms with Crippen LogP contribution in [0.25, 0.3) is 0 Å². The van der Waals surface area contributed by atoms with Crippen LogP contribution >= 0.6 is 11.3 Å². The average molecular weight is 275 g/mol. The lowest BCUT2D eigenvalue weighted by Gasteiger charge is -2.14. The van der Waals surface area contributed by atoms with Crippen molar-refractivity contribution in [2.75, 3.05) is 13.1 Å². The van der Waals surface area contributed by atoms with E-state index >= 15 is 0 Å². The predicted molar refractivity (Wildman–Crippen MR) is 74.8 cm³/mol. The van der Waals surface area contributed by atoms with Crippen molar-refractivity contribution >= 4 is 11.3 Å². The van der Waals surface area contributed by atoms with Gasteiger partial charge in [-0.15, -0.1) is 0 Å². The van der Waals surface area contributed by atoms with Crippen LogP contribution in [0.15, 0.2) is 35.4 Å². The maximum atomic E-state index is 10.2. The second-order valence-corrected chi connectivity index (χ2v) is 5.83. The molecule has 2 aromatic heterocycles. The first-order chi connectivity index (χ1) is 9.31. The number of β-amino-alcohol motifs (C(OH)–C–C–N with tert-alkyl or cyclic N) is 1. The van der Waals surface area contributed by atoms with Crippen molar-refractivity contribution in [3.63, 3.8) is 0 Å². The van der Waals surface area contributed by atoms with E-state index in [1.54, 1.807) is 29.9 Å². The highest BCUT2D eigenvalue weighted by Gasteiger charge is 2.31. The number of thiophene rings is 1. The quantitative estimate of drug-likeness (QED) is 0.920. The molecule has 1 saturated heterocycles. The largest absolute Gasteiger partial charge is 0.391 e. The van der Waals surface area contributed by atoms with E-state index in [1.807, 2.05) is 0 Å². The molecule has 4 nitrogen and oxygen atoms in total. The molecule has 3 heterocycles. The minimum absolute atomic E-state index is 0.260. The maximum Gasteiger partial charge on any atom is 0.0711 e. The van der Waals surface area contributed by atoms with Crippen molar-refractivity contribution < 1.29 is 5.11 Å². The van der Waals surface area contributed by atoms with Gasteiger partial charge in [-0.3, -0.25) is 14.9 Å². The van der Waals surface area contributed by atoms with E-state index in [0.717, 1.165) is 31.7 Å². The fourth-order valence-electron chi connectivity index (χ4n) is 2.62. The number of hydrogen-bond acceptors (Lipinski definition) is 5. The summed E-state index contributed by atoms with van der Waals surface area (Å²) in [6, 6.07) is 2.15. The van der Waals surface area contributed by atoms with Gasteiger partial charge in [0, 0.05) is 44.1 Å². The summed E-state index contributed by atoms with van der Waals surface area (Å²) in [5.74, 6) is 0.260. The van der Waals surface area contributed by atoms with Crippen LogP contribution in [-0.4, -0.2) is 39.2 Å². The third-order valence-corrected chi connectivity index (χ3v) is 4.29. The van der Waals surface area contributed by atoms with Crippen LogP contribution in [0.3, 0.4) is 0 Å². The van der Waals surface area contributed by atoms with Crippen LogP contribution in [0.4, 0.5) is 0 Å². The van der Waals surface area contributed by atoms with Crippen molar-refractivity contribution in [1.82, 2.24) is 14.9 Å². The van der Waals surface area contributed by atoms with Crippen LogP contribution in [0, 0.1) is 5.92 Å². The van der Waals surface area contributed by atoms with Gasteiger partial charge in [0.1, 0.15) is 0 Å². The van der Waals surface area contributed by atoms with Crippen LogP contribution in [0.5, 0.6) is 0 Å². The summed E-state index contributed by atoms with van der Waals surface area (Å²) < 4.78 is 0. The van der Waals surface area contributed by atoms with E-state index in [0.29, 0.717) is 0 Å². The van der Waals surface area contributed by atoms with Crippen LogP contribution in [-0.2, 0) is 13.0 Å². The molecule has 0 bridgehead atoms. The molecular weight excluding hydrogens is 258 g/mol. The van der Waals surface area contributed by atoms with Crippen LogP contribution < -0.4 is 0 Å². The molecule has 19 heavy (non-hydrogen) atoms. The highest BCUT2D eigenvalue weighted by molar-refractivity contribution is 7.07. The van der Waals surface area contributed by atoms with Crippen molar-refractivity contribution in [2.45, 2.75) is 19.1 Å². The topological polar surface area (TPSA) is 49.2 Å². The van der Waals surface area contributed by atoms with Crippen molar-refractivity contribution in [3.05, 3.63) is 46.7 Å². The summed E-state index contributed by atoms with van der Waals surface area (Å²) in [6.45, 7) is 2.60. The molecule has 0 radical (unpaired) electrons. The molecule has 0 unspecified atom stereocenters. The second-order valence-electron chi connectivity index (χ2n) is 5.05. The molecule has 1 aliphatic rings. The van der Waals surface area contributed by atoms with Gasteiger partial charge in [-0.1, -0.05) is 0 Å². The lowest BCUT2D eigenvalue weighted by Crippen LogP contribution is -2.21. The molecular formula is C14H17N3OS. The monoisotopic (exact) mass is 275 g/mol. The summed E-state index contributed by atoms with van der Waals surface area (Å²) in [5.41, 5.74) is 2.29. The summed E-state index contributed by atoms with van der Waals surface area (Å²) in [4.78, 5) is 10.7. The Morgan fingerprint density at radius 2 is 2.32 bits per heavy atom. The summed E-state index contributed by atoms with van der Waals surface area (Å²) >= 11 is 1.72. The van der Waals surface area contributed by atoms with E-state index in [1.165, 1.54) is 5.56 Å². The number of aromatic nitrogens is 2. The molecule has 0 spiro atoms. The van der Waals surface area contributed by atoms with Gasteiger partial charge >= 0.3 is 0 Å². The van der Waals surface area contributed by atoms with Gasteiger partial charge in [-0.05, 0) is 28.8 Å². The van der Waals surface area contributed by atoms with Gasteiger partial charge in [-0.25, -0.2) is 0 Å².